The first-order valence-corrected chi connectivity index (χ1v) is 16.9. The first-order valence-electron chi connectivity index (χ1n) is 15.9. The van der Waals surface area contributed by atoms with E-state index in [0.717, 1.165) is 0 Å². The van der Waals surface area contributed by atoms with Gasteiger partial charge in [-0.2, -0.15) is 12.1 Å². The molecule has 0 amide bonds. The predicted octanol–water partition coefficient (Wildman–Crippen LogP) is 7.02. The third-order valence-corrected chi connectivity index (χ3v) is 7.91. The van der Waals surface area contributed by atoms with Gasteiger partial charge in [-0.15, -0.1) is 69.1 Å². The van der Waals surface area contributed by atoms with Crippen LogP contribution in [0.1, 0.15) is 50.7 Å². The van der Waals surface area contributed by atoms with E-state index in [1.807, 2.05) is 0 Å². The molecule has 0 heterocycles. The minimum atomic E-state index is 0. The summed E-state index contributed by atoms with van der Waals surface area (Å²) >= 11 is 0. The molecule has 0 aliphatic rings. The third kappa shape index (κ3) is 11.2. The molecule has 0 fully saturated rings. The Morgan fingerprint density at radius 2 is 0.915 bits per heavy atom. The van der Waals surface area contributed by atoms with Gasteiger partial charge in [-0.05, 0) is 21.9 Å². The number of benzene rings is 5. The largest absolute Gasteiger partial charge is 4.00 e. The first-order chi connectivity index (χ1) is 21.6. The number of unbranched alkanes of at least 4 members (excludes halogenated alkanes) is 3. The van der Waals surface area contributed by atoms with E-state index in [0.29, 0.717) is 0 Å². The molecule has 0 spiro atoms. The Hall–Kier alpha value is -2.74. The van der Waals surface area contributed by atoms with Gasteiger partial charge in [0.15, 0.2) is 0 Å². The van der Waals surface area contributed by atoms with E-state index in [9.17, 15) is 0 Å². The van der Waals surface area contributed by atoms with Crippen molar-refractivity contribution >= 4 is 42.6 Å². The number of fused-ring (bicyclic) bond motifs is 3. The molecule has 0 N–H and O–H groups in total. The molecule has 7 rings (SSSR count). The normalized spacial score (nSPS) is 9.74. The van der Waals surface area contributed by atoms with Crippen LogP contribution in [-0.4, -0.2) is 10.2 Å². The van der Waals surface area contributed by atoms with Crippen molar-refractivity contribution in [3.05, 3.63) is 145 Å². The average Bonchev–Trinajstić information content (AvgIpc) is 3.66. The molecule has 0 atom stereocenters. The van der Waals surface area contributed by atoms with Crippen LogP contribution in [-0.2, 0) is 26.2 Å². The van der Waals surface area contributed by atoms with E-state index in [1.54, 1.807) is 6.55 Å². The number of hydrogen-bond donors (Lipinski definition) is 0. The van der Waals surface area contributed by atoms with Crippen molar-refractivity contribution in [1.29, 1.82) is 0 Å². The zero-order valence-electron chi connectivity index (χ0n) is 28.3. The summed E-state index contributed by atoms with van der Waals surface area (Å²) in [5.41, 5.74) is 7.92. The summed E-state index contributed by atoms with van der Waals surface area (Å²) in [6.07, 6.45) is 5.54. The van der Waals surface area contributed by atoms with Gasteiger partial charge in [0.25, 0.3) is 0 Å². The molecule has 239 valence electrons. The zero-order chi connectivity index (χ0) is 31.3. The third-order valence-electron chi connectivity index (χ3n) is 7.91. The minimum absolute atomic E-state index is 0. The van der Waals surface area contributed by atoms with Gasteiger partial charge in [0.05, 0.1) is 0 Å². The maximum Gasteiger partial charge on any atom is 4.00 e. The molecule has 0 bridgehead atoms. The van der Waals surface area contributed by atoms with Crippen LogP contribution in [0.2, 0.25) is 6.55 Å². The fourth-order valence-electron chi connectivity index (χ4n) is 5.83. The van der Waals surface area contributed by atoms with Gasteiger partial charge < -0.3 is 24.8 Å². The minimum Gasteiger partial charge on any atom is -1.00 e. The molecule has 3 radical (unpaired) electrons. The maximum atomic E-state index is 2.97. The summed E-state index contributed by atoms with van der Waals surface area (Å²) in [6, 6.07) is 47.8. The van der Waals surface area contributed by atoms with E-state index < -0.39 is 0 Å². The average molecular weight is 752 g/mol. The van der Waals surface area contributed by atoms with Crippen molar-refractivity contribution in [3.8, 4) is 22.3 Å². The van der Waals surface area contributed by atoms with Crippen LogP contribution < -0.4 is 24.8 Å². The molecule has 7 aromatic rings. The van der Waals surface area contributed by atoms with Gasteiger partial charge >= 0.3 is 26.2 Å². The van der Waals surface area contributed by atoms with Gasteiger partial charge in [0.2, 0.25) is 0 Å². The van der Waals surface area contributed by atoms with Crippen LogP contribution in [0.4, 0.5) is 0 Å². The van der Waals surface area contributed by atoms with Gasteiger partial charge in [0, 0.05) is 10.2 Å². The molecule has 4 heteroatoms. The van der Waals surface area contributed by atoms with Crippen molar-refractivity contribution in [1.82, 2.24) is 0 Å². The molecular formula is C43H45Cl2SiZr. The van der Waals surface area contributed by atoms with Gasteiger partial charge in [-0.3, -0.25) is 0 Å². The fourth-order valence-corrected chi connectivity index (χ4v) is 5.83. The Labute approximate surface area is 318 Å². The number of rotatable bonds is 5. The van der Waals surface area contributed by atoms with Crippen LogP contribution in [0, 0.1) is 13.8 Å². The van der Waals surface area contributed by atoms with Crippen molar-refractivity contribution in [2.45, 2.75) is 59.9 Å². The van der Waals surface area contributed by atoms with Crippen molar-refractivity contribution in [2.75, 3.05) is 0 Å². The van der Waals surface area contributed by atoms with E-state index in [4.69, 9.17) is 0 Å². The Morgan fingerprint density at radius 3 is 1.47 bits per heavy atom. The van der Waals surface area contributed by atoms with Crippen LogP contribution in [0.5, 0.6) is 0 Å². The standard InChI is InChI=1S/C20H15.C16H13.C6H14.CH3Si.2ClH.Zr/c1-14-12-16-8-5-11-19(20(16)13-14)18-10-4-7-15-6-2-3-9-17(15)18;1-12-10-14-8-5-9-15(16(14)11-12)13-6-3-2-4-7-13;1-3-5-6-4-2;1-2;;;/h2-13H,1H3;2-11H,1H3;3-6H2,1-2H3;1H3;2*1H;/q2*-1;;;;;+4/p-2. The maximum absolute atomic E-state index is 2.97. The number of halogens is 2. The van der Waals surface area contributed by atoms with Crippen molar-refractivity contribution in [3.63, 3.8) is 0 Å². The second kappa shape index (κ2) is 22.0. The number of hydrogen-bond acceptors (Lipinski definition) is 0. The molecule has 0 nitrogen and oxygen atoms in total. The molecule has 0 aromatic heterocycles. The van der Waals surface area contributed by atoms with E-state index in [1.165, 1.54) is 91.4 Å². The van der Waals surface area contributed by atoms with E-state index in [-0.39, 0.29) is 51.0 Å². The Balaban J connectivity index is 0.000000371. The first kappa shape index (κ1) is 42.3. The molecule has 0 aliphatic carbocycles. The van der Waals surface area contributed by atoms with E-state index in [2.05, 4.69) is 171 Å². The van der Waals surface area contributed by atoms with Crippen molar-refractivity contribution in [2.24, 2.45) is 0 Å². The van der Waals surface area contributed by atoms with Crippen LogP contribution in [0.3, 0.4) is 0 Å². The summed E-state index contributed by atoms with van der Waals surface area (Å²) in [6.45, 7) is 10.6. The quantitative estimate of drug-likeness (QED) is 0.101. The van der Waals surface area contributed by atoms with E-state index >= 15 is 0 Å². The summed E-state index contributed by atoms with van der Waals surface area (Å²) < 4.78 is 0. The topological polar surface area (TPSA) is 0 Å². The Bertz CT molecular complexity index is 1880. The summed E-state index contributed by atoms with van der Waals surface area (Å²) in [5.74, 6) is 0. The summed E-state index contributed by atoms with van der Waals surface area (Å²) in [7, 11) is 2.97. The molecular weight excluding hydrogens is 707 g/mol. The smallest absolute Gasteiger partial charge is 1.00 e. The fraction of sp³-hybridized carbons (Fsp3) is 0.209. The second-order valence-electron chi connectivity index (χ2n) is 11.3. The summed E-state index contributed by atoms with van der Waals surface area (Å²) in [4.78, 5) is 0. The molecule has 0 saturated carbocycles. The SMILES string of the molecule is CCCCCC.C[Si].Cc1cc2c(-c3cccc4ccccc34)cccc2[cH-]1.Cc1cc2c(-c3ccccc3)cccc2[cH-]1.[Cl-].[Cl-].[Zr+4]. The predicted molar refractivity (Wildman–Crippen MR) is 198 cm³/mol. The summed E-state index contributed by atoms with van der Waals surface area (Å²) in [5, 5.41) is 7.98. The van der Waals surface area contributed by atoms with Gasteiger partial charge in [-0.1, -0.05) is 156 Å². The monoisotopic (exact) mass is 749 g/mol. The molecule has 0 aliphatic heterocycles. The van der Waals surface area contributed by atoms with Gasteiger partial charge in [-0.25, -0.2) is 0 Å². The Kier molecular flexibility index (Phi) is 19.8. The van der Waals surface area contributed by atoms with Crippen molar-refractivity contribution < 1.29 is 51.0 Å². The molecule has 0 unspecified atom stereocenters. The van der Waals surface area contributed by atoms with Crippen LogP contribution in [0.15, 0.2) is 133 Å². The van der Waals surface area contributed by atoms with Crippen LogP contribution >= 0.6 is 0 Å². The zero-order valence-corrected chi connectivity index (χ0v) is 33.3. The van der Waals surface area contributed by atoms with Crippen LogP contribution in [0.25, 0.3) is 54.6 Å². The van der Waals surface area contributed by atoms with Gasteiger partial charge in [0.1, 0.15) is 0 Å². The molecule has 7 aromatic carbocycles. The molecule has 0 saturated heterocycles. The number of aryl methyl sites for hydroxylation is 2. The second-order valence-corrected chi connectivity index (χ2v) is 11.3. The Morgan fingerprint density at radius 1 is 0.489 bits per heavy atom. The molecule has 47 heavy (non-hydrogen) atoms.